The summed E-state index contributed by atoms with van der Waals surface area (Å²) in [6.45, 7) is 0. The van der Waals surface area contributed by atoms with Gasteiger partial charge in [0.1, 0.15) is 6.33 Å². The lowest BCUT2D eigenvalue weighted by molar-refractivity contribution is 0.102. The Bertz CT molecular complexity index is 1330. The second kappa shape index (κ2) is 8.54. The minimum Gasteiger partial charge on any atom is -0.322 e. The number of tetrazole rings is 1. The summed E-state index contributed by atoms with van der Waals surface area (Å²) in [5.41, 5.74) is 1.78. The van der Waals surface area contributed by atoms with Crippen LogP contribution in [0.1, 0.15) is 10.4 Å². The molecule has 1 heterocycles. The second-order valence-corrected chi connectivity index (χ2v) is 8.52. The van der Waals surface area contributed by atoms with Gasteiger partial charge in [-0.3, -0.25) is 9.52 Å². The molecule has 0 saturated carbocycles. The number of carbonyl (C=O) groups is 1. The number of amides is 1. The Morgan fingerprint density at radius 3 is 2.42 bits per heavy atom. The van der Waals surface area contributed by atoms with E-state index in [2.05, 4.69) is 25.6 Å². The summed E-state index contributed by atoms with van der Waals surface area (Å²) in [6.07, 6.45) is 1.46. The lowest BCUT2D eigenvalue weighted by atomic mass is 10.2. The molecule has 0 radical (unpaired) electrons. The highest BCUT2D eigenvalue weighted by Gasteiger charge is 2.17. The largest absolute Gasteiger partial charge is 0.322 e. The highest BCUT2D eigenvalue weighted by atomic mass is 35.5. The van der Waals surface area contributed by atoms with E-state index in [0.717, 1.165) is 5.69 Å². The fraction of sp³-hybridized carbons (Fsp3) is 0. The predicted octanol–water partition coefficient (Wildman–Crippen LogP) is 3.37. The molecule has 0 aliphatic carbocycles. The van der Waals surface area contributed by atoms with Crippen molar-refractivity contribution >= 4 is 38.9 Å². The molecule has 1 aromatic heterocycles. The SMILES string of the molecule is O=C(Nc1ccc(-n2cnnn2)cc1)c1cccc(S(=O)(=O)Nc2cccc(Cl)c2)c1. The van der Waals surface area contributed by atoms with Crippen LogP contribution in [-0.2, 0) is 10.0 Å². The van der Waals surface area contributed by atoms with Crippen LogP contribution >= 0.6 is 11.6 Å². The number of nitrogens with one attached hydrogen (secondary N) is 2. The maximum atomic E-state index is 12.7. The van der Waals surface area contributed by atoms with Crippen molar-refractivity contribution in [2.24, 2.45) is 0 Å². The number of anilines is 2. The third kappa shape index (κ3) is 4.87. The van der Waals surface area contributed by atoms with E-state index in [0.29, 0.717) is 16.4 Å². The van der Waals surface area contributed by atoms with Gasteiger partial charge in [-0.15, -0.1) is 5.10 Å². The van der Waals surface area contributed by atoms with Crippen LogP contribution in [0.2, 0.25) is 5.02 Å². The van der Waals surface area contributed by atoms with Crippen LogP contribution < -0.4 is 10.0 Å². The molecule has 0 saturated heterocycles. The van der Waals surface area contributed by atoms with E-state index in [1.807, 2.05) is 0 Å². The molecule has 4 aromatic rings. The van der Waals surface area contributed by atoms with Crippen molar-refractivity contribution in [3.8, 4) is 5.69 Å². The molecule has 0 atom stereocenters. The number of hydrogen-bond acceptors (Lipinski definition) is 6. The molecule has 0 fully saturated rings. The summed E-state index contributed by atoms with van der Waals surface area (Å²) in [7, 11) is -3.90. The fourth-order valence-electron chi connectivity index (χ4n) is 2.75. The van der Waals surface area contributed by atoms with Gasteiger partial charge in [-0.25, -0.2) is 13.1 Å². The molecule has 9 nitrogen and oxygen atoms in total. The highest BCUT2D eigenvalue weighted by Crippen LogP contribution is 2.21. The first-order chi connectivity index (χ1) is 14.9. The topological polar surface area (TPSA) is 119 Å². The molecule has 1 amide bonds. The third-order valence-electron chi connectivity index (χ3n) is 4.22. The van der Waals surface area contributed by atoms with E-state index in [1.54, 1.807) is 42.5 Å². The molecular weight excluding hydrogens is 440 g/mol. The van der Waals surface area contributed by atoms with Gasteiger partial charge in [-0.05, 0) is 71.1 Å². The van der Waals surface area contributed by atoms with Crippen molar-refractivity contribution < 1.29 is 13.2 Å². The van der Waals surface area contributed by atoms with E-state index in [9.17, 15) is 13.2 Å². The van der Waals surface area contributed by atoms with Crippen molar-refractivity contribution in [2.45, 2.75) is 4.90 Å². The molecule has 156 valence electrons. The van der Waals surface area contributed by atoms with Crippen molar-refractivity contribution in [2.75, 3.05) is 10.0 Å². The number of nitrogens with zero attached hydrogens (tertiary/aromatic N) is 4. The zero-order valence-corrected chi connectivity index (χ0v) is 17.4. The molecule has 2 N–H and O–H groups in total. The first-order valence-electron chi connectivity index (χ1n) is 8.94. The van der Waals surface area contributed by atoms with E-state index in [-0.39, 0.29) is 10.5 Å². The van der Waals surface area contributed by atoms with Crippen LogP contribution in [-0.4, -0.2) is 34.5 Å². The number of rotatable bonds is 6. The molecular formula is C20H15ClN6O3S. The van der Waals surface area contributed by atoms with Gasteiger partial charge in [0.05, 0.1) is 16.3 Å². The Morgan fingerprint density at radius 1 is 0.935 bits per heavy atom. The zero-order valence-electron chi connectivity index (χ0n) is 15.8. The van der Waals surface area contributed by atoms with Gasteiger partial charge in [0.15, 0.2) is 0 Å². The lowest BCUT2D eigenvalue weighted by Gasteiger charge is -2.10. The Kier molecular flexibility index (Phi) is 5.65. The van der Waals surface area contributed by atoms with Crippen molar-refractivity contribution in [1.82, 2.24) is 20.2 Å². The molecule has 0 unspecified atom stereocenters. The highest BCUT2D eigenvalue weighted by molar-refractivity contribution is 7.92. The quantitative estimate of drug-likeness (QED) is 0.461. The minimum atomic E-state index is -3.90. The standard InChI is InChI=1S/C20H15ClN6O3S/c21-15-4-2-5-17(12-15)24-31(29,30)19-6-1-3-14(11-19)20(28)23-16-7-9-18(10-8-16)27-13-22-25-26-27/h1-13,24H,(H,23,28). The van der Waals surface area contributed by atoms with Gasteiger partial charge in [-0.1, -0.05) is 23.7 Å². The summed E-state index contributed by atoms with van der Waals surface area (Å²) in [6, 6.07) is 19.0. The second-order valence-electron chi connectivity index (χ2n) is 6.40. The molecule has 11 heteroatoms. The number of halogens is 1. The van der Waals surface area contributed by atoms with E-state index in [1.165, 1.54) is 41.3 Å². The van der Waals surface area contributed by atoms with Gasteiger partial charge in [0.25, 0.3) is 15.9 Å². The molecule has 0 aliphatic rings. The molecule has 0 spiro atoms. The minimum absolute atomic E-state index is 0.0471. The zero-order chi connectivity index (χ0) is 21.8. The number of hydrogen-bond donors (Lipinski definition) is 2. The maximum Gasteiger partial charge on any atom is 0.261 e. The lowest BCUT2D eigenvalue weighted by Crippen LogP contribution is -2.16. The first kappa shape index (κ1) is 20.5. The summed E-state index contributed by atoms with van der Waals surface area (Å²) in [5.74, 6) is -0.449. The van der Waals surface area contributed by atoms with E-state index >= 15 is 0 Å². The normalized spacial score (nSPS) is 11.1. The van der Waals surface area contributed by atoms with Crippen LogP contribution in [0.15, 0.2) is 84.0 Å². The van der Waals surface area contributed by atoms with Crippen LogP contribution in [0.5, 0.6) is 0 Å². The molecule has 31 heavy (non-hydrogen) atoms. The first-order valence-corrected chi connectivity index (χ1v) is 10.8. The monoisotopic (exact) mass is 454 g/mol. The number of carbonyl (C=O) groups excluding carboxylic acids is 1. The predicted molar refractivity (Wildman–Crippen MR) is 116 cm³/mol. The van der Waals surface area contributed by atoms with Crippen LogP contribution in [0.25, 0.3) is 5.69 Å². The van der Waals surface area contributed by atoms with Crippen LogP contribution in [0.3, 0.4) is 0 Å². The Labute approximate surface area is 182 Å². The molecule has 0 aliphatic heterocycles. The van der Waals surface area contributed by atoms with Crippen molar-refractivity contribution in [3.63, 3.8) is 0 Å². The number of aromatic nitrogens is 4. The van der Waals surface area contributed by atoms with Gasteiger partial charge >= 0.3 is 0 Å². The van der Waals surface area contributed by atoms with Crippen molar-refractivity contribution in [1.29, 1.82) is 0 Å². The molecule has 0 bridgehead atoms. The van der Waals surface area contributed by atoms with Gasteiger partial charge < -0.3 is 5.32 Å². The third-order valence-corrected chi connectivity index (χ3v) is 5.84. The van der Waals surface area contributed by atoms with Crippen molar-refractivity contribution in [3.05, 3.63) is 89.7 Å². The van der Waals surface area contributed by atoms with E-state index < -0.39 is 15.9 Å². The van der Waals surface area contributed by atoms with Gasteiger partial charge in [-0.2, -0.15) is 0 Å². The average Bonchev–Trinajstić information content (AvgIpc) is 3.29. The van der Waals surface area contributed by atoms with Crippen LogP contribution in [0, 0.1) is 0 Å². The Morgan fingerprint density at radius 2 is 1.71 bits per heavy atom. The maximum absolute atomic E-state index is 12.7. The molecule has 3 aromatic carbocycles. The van der Waals surface area contributed by atoms with Gasteiger partial charge in [0, 0.05) is 16.3 Å². The summed E-state index contributed by atoms with van der Waals surface area (Å²) >= 11 is 5.90. The summed E-state index contributed by atoms with van der Waals surface area (Å²) in [5, 5.41) is 14.1. The van der Waals surface area contributed by atoms with Crippen LogP contribution in [0.4, 0.5) is 11.4 Å². The molecule has 4 rings (SSSR count). The number of benzene rings is 3. The number of sulfonamides is 1. The Hall–Kier alpha value is -3.76. The van der Waals surface area contributed by atoms with Gasteiger partial charge in [0.2, 0.25) is 0 Å². The van der Waals surface area contributed by atoms with E-state index in [4.69, 9.17) is 11.6 Å². The fourth-order valence-corrected chi connectivity index (χ4v) is 4.04. The summed E-state index contributed by atoms with van der Waals surface area (Å²) < 4.78 is 29.3. The summed E-state index contributed by atoms with van der Waals surface area (Å²) in [4.78, 5) is 12.6. The smallest absolute Gasteiger partial charge is 0.261 e. The Balaban J connectivity index is 1.50. The average molecular weight is 455 g/mol.